The third kappa shape index (κ3) is 4.84. The summed E-state index contributed by atoms with van der Waals surface area (Å²) in [6.45, 7) is 5.95. The van der Waals surface area contributed by atoms with Gasteiger partial charge in [0, 0.05) is 10.6 Å². The van der Waals surface area contributed by atoms with Crippen molar-refractivity contribution < 1.29 is 9.53 Å². The van der Waals surface area contributed by atoms with Gasteiger partial charge < -0.3 is 4.74 Å². The molecule has 2 aromatic carbocycles. The summed E-state index contributed by atoms with van der Waals surface area (Å²) >= 11 is 6.08. The van der Waals surface area contributed by atoms with E-state index < -0.39 is 0 Å². The zero-order valence-corrected chi connectivity index (χ0v) is 14.1. The molecule has 2 rings (SSSR count). The van der Waals surface area contributed by atoms with Gasteiger partial charge in [-0.25, -0.2) is 0 Å². The smallest absolute Gasteiger partial charge is 0.311 e. The predicted molar refractivity (Wildman–Crippen MR) is 91.3 cm³/mol. The maximum Gasteiger partial charge on any atom is 0.311 e. The maximum absolute atomic E-state index is 12.1. The molecule has 0 aliphatic rings. The molecule has 0 heterocycles. The van der Waals surface area contributed by atoms with Crippen molar-refractivity contribution in [2.24, 2.45) is 5.41 Å². The van der Waals surface area contributed by atoms with Gasteiger partial charge in [-0.1, -0.05) is 44.5 Å². The lowest BCUT2D eigenvalue weighted by atomic mass is 9.92. The van der Waals surface area contributed by atoms with Crippen LogP contribution in [0.3, 0.4) is 0 Å². The standard InChI is InChI=1S/C19H18ClNO2/c1-19(2,3)11-18(22)23-17-9-8-15(20)10-16(17)14-6-4-13(12-21)5-7-14/h4-10H,11H2,1-3H3. The number of carbonyl (C=O) groups excluding carboxylic acids is 1. The molecule has 0 atom stereocenters. The minimum absolute atomic E-state index is 0.141. The van der Waals surface area contributed by atoms with Crippen molar-refractivity contribution in [3.63, 3.8) is 0 Å². The molecule has 0 saturated heterocycles. The Morgan fingerprint density at radius 2 is 1.83 bits per heavy atom. The van der Waals surface area contributed by atoms with Gasteiger partial charge in [-0.05, 0) is 41.3 Å². The highest BCUT2D eigenvalue weighted by Gasteiger charge is 2.19. The van der Waals surface area contributed by atoms with E-state index in [9.17, 15) is 4.79 Å². The monoisotopic (exact) mass is 327 g/mol. The number of rotatable bonds is 3. The van der Waals surface area contributed by atoms with Crippen LogP contribution in [0.2, 0.25) is 5.02 Å². The molecule has 0 amide bonds. The fourth-order valence-corrected chi connectivity index (χ4v) is 2.30. The van der Waals surface area contributed by atoms with Crippen LogP contribution in [-0.4, -0.2) is 5.97 Å². The number of carbonyl (C=O) groups is 1. The number of hydrogen-bond acceptors (Lipinski definition) is 3. The van der Waals surface area contributed by atoms with E-state index in [2.05, 4.69) is 6.07 Å². The lowest BCUT2D eigenvalue weighted by molar-refractivity contribution is -0.136. The SMILES string of the molecule is CC(C)(C)CC(=O)Oc1ccc(Cl)cc1-c1ccc(C#N)cc1. The molecule has 0 aliphatic heterocycles. The fourth-order valence-electron chi connectivity index (χ4n) is 2.13. The third-order valence-corrected chi connectivity index (χ3v) is 3.40. The van der Waals surface area contributed by atoms with Crippen molar-refractivity contribution in [1.29, 1.82) is 5.26 Å². The first-order valence-corrected chi connectivity index (χ1v) is 7.67. The van der Waals surface area contributed by atoms with Crippen molar-refractivity contribution in [2.45, 2.75) is 27.2 Å². The minimum Gasteiger partial charge on any atom is -0.426 e. The molecule has 0 aromatic heterocycles. The van der Waals surface area contributed by atoms with Gasteiger partial charge in [0.05, 0.1) is 18.1 Å². The Morgan fingerprint density at radius 1 is 1.17 bits per heavy atom. The van der Waals surface area contributed by atoms with E-state index in [1.165, 1.54) is 0 Å². The van der Waals surface area contributed by atoms with Crippen LogP contribution >= 0.6 is 11.6 Å². The summed E-state index contributed by atoms with van der Waals surface area (Å²) in [5, 5.41) is 9.44. The summed E-state index contributed by atoms with van der Waals surface area (Å²) in [4.78, 5) is 12.1. The van der Waals surface area contributed by atoms with Crippen LogP contribution in [0.4, 0.5) is 0 Å². The molecule has 0 radical (unpaired) electrons. The van der Waals surface area contributed by atoms with Crippen LogP contribution in [0.15, 0.2) is 42.5 Å². The van der Waals surface area contributed by atoms with Crippen molar-refractivity contribution >= 4 is 17.6 Å². The van der Waals surface area contributed by atoms with Gasteiger partial charge in [-0.2, -0.15) is 5.26 Å². The second-order valence-corrected chi connectivity index (χ2v) is 6.98. The van der Waals surface area contributed by atoms with E-state index in [1.54, 1.807) is 30.3 Å². The van der Waals surface area contributed by atoms with Crippen LogP contribution in [0.1, 0.15) is 32.8 Å². The summed E-state index contributed by atoms with van der Waals surface area (Å²) < 4.78 is 5.52. The number of ether oxygens (including phenoxy) is 1. The molecule has 3 nitrogen and oxygen atoms in total. The first-order valence-electron chi connectivity index (χ1n) is 7.29. The van der Waals surface area contributed by atoms with E-state index >= 15 is 0 Å². The normalized spacial score (nSPS) is 10.9. The Morgan fingerprint density at radius 3 is 2.39 bits per heavy atom. The highest BCUT2D eigenvalue weighted by Crippen LogP contribution is 2.33. The second kappa shape index (κ2) is 6.85. The lowest BCUT2D eigenvalue weighted by Gasteiger charge is -2.17. The summed E-state index contributed by atoms with van der Waals surface area (Å²) in [7, 11) is 0. The van der Waals surface area contributed by atoms with Gasteiger partial charge >= 0.3 is 5.97 Å². The maximum atomic E-state index is 12.1. The van der Waals surface area contributed by atoms with E-state index in [1.807, 2.05) is 32.9 Å². The molecule has 2 aromatic rings. The first-order chi connectivity index (χ1) is 10.8. The molecular weight excluding hydrogens is 310 g/mol. The van der Waals surface area contributed by atoms with Crippen LogP contribution in [0.25, 0.3) is 11.1 Å². The Kier molecular flexibility index (Phi) is 5.08. The molecule has 0 fully saturated rings. The number of benzene rings is 2. The van der Waals surface area contributed by atoms with E-state index in [-0.39, 0.29) is 11.4 Å². The third-order valence-electron chi connectivity index (χ3n) is 3.17. The van der Waals surface area contributed by atoms with Crippen molar-refractivity contribution in [3.8, 4) is 22.9 Å². The summed E-state index contributed by atoms with van der Waals surface area (Å²) in [5.74, 6) is 0.183. The zero-order chi connectivity index (χ0) is 17.0. The van der Waals surface area contributed by atoms with Crippen molar-refractivity contribution in [2.75, 3.05) is 0 Å². The molecular formula is C19H18ClNO2. The van der Waals surface area contributed by atoms with Crippen LogP contribution in [0, 0.1) is 16.7 Å². The number of nitrogens with zero attached hydrogens (tertiary/aromatic N) is 1. The van der Waals surface area contributed by atoms with Crippen LogP contribution in [0.5, 0.6) is 5.75 Å². The van der Waals surface area contributed by atoms with E-state index in [0.717, 1.165) is 11.1 Å². The van der Waals surface area contributed by atoms with Gasteiger partial charge in [0.25, 0.3) is 0 Å². The topological polar surface area (TPSA) is 50.1 Å². The second-order valence-electron chi connectivity index (χ2n) is 6.54. The molecule has 118 valence electrons. The zero-order valence-electron chi connectivity index (χ0n) is 13.4. The highest BCUT2D eigenvalue weighted by molar-refractivity contribution is 6.31. The highest BCUT2D eigenvalue weighted by atomic mass is 35.5. The van der Waals surface area contributed by atoms with Gasteiger partial charge in [0.1, 0.15) is 5.75 Å². The van der Waals surface area contributed by atoms with E-state index in [4.69, 9.17) is 21.6 Å². The Labute approximate surface area is 141 Å². The van der Waals surface area contributed by atoms with Crippen LogP contribution in [-0.2, 0) is 4.79 Å². The Balaban J connectivity index is 2.34. The largest absolute Gasteiger partial charge is 0.426 e. The average Bonchev–Trinajstić information content (AvgIpc) is 2.47. The number of nitriles is 1. The molecule has 0 spiro atoms. The van der Waals surface area contributed by atoms with Crippen LogP contribution < -0.4 is 4.74 Å². The molecule has 23 heavy (non-hydrogen) atoms. The molecule has 0 N–H and O–H groups in total. The average molecular weight is 328 g/mol. The quantitative estimate of drug-likeness (QED) is 0.573. The summed E-state index contributed by atoms with van der Waals surface area (Å²) in [6.07, 6.45) is 0.322. The lowest BCUT2D eigenvalue weighted by Crippen LogP contribution is -2.17. The van der Waals surface area contributed by atoms with Crippen molar-refractivity contribution in [3.05, 3.63) is 53.1 Å². The molecule has 0 unspecified atom stereocenters. The molecule has 0 aliphatic carbocycles. The Hall–Kier alpha value is -2.31. The van der Waals surface area contributed by atoms with E-state index in [0.29, 0.717) is 22.8 Å². The van der Waals surface area contributed by atoms with Gasteiger partial charge in [0.15, 0.2) is 0 Å². The molecule has 0 saturated carbocycles. The van der Waals surface area contributed by atoms with Gasteiger partial charge in [-0.3, -0.25) is 4.79 Å². The number of halogens is 1. The number of esters is 1. The molecule has 0 bridgehead atoms. The predicted octanol–water partition coefficient (Wildman–Crippen LogP) is 5.22. The van der Waals surface area contributed by atoms with Gasteiger partial charge in [-0.15, -0.1) is 0 Å². The minimum atomic E-state index is -0.283. The van der Waals surface area contributed by atoms with Gasteiger partial charge in [0.2, 0.25) is 0 Å². The fraction of sp³-hybridized carbons (Fsp3) is 0.263. The molecule has 4 heteroatoms. The Bertz CT molecular complexity index is 752. The van der Waals surface area contributed by atoms with Crippen molar-refractivity contribution in [1.82, 2.24) is 0 Å². The first kappa shape index (κ1) is 17.1. The summed E-state index contributed by atoms with van der Waals surface area (Å²) in [5.41, 5.74) is 1.99. The summed E-state index contributed by atoms with van der Waals surface area (Å²) in [6, 6.07) is 14.3. The number of hydrogen-bond donors (Lipinski definition) is 0.